The first-order valence-electron chi connectivity index (χ1n) is 8.36. The fraction of sp³-hybridized carbons (Fsp3) is 0.350. The summed E-state index contributed by atoms with van der Waals surface area (Å²) in [5.41, 5.74) is 4.43. The van der Waals surface area contributed by atoms with Gasteiger partial charge in [-0.3, -0.25) is 4.79 Å². The van der Waals surface area contributed by atoms with Gasteiger partial charge in [-0.2, -0.15) is 0 Å². The van der Waals surface area contributed by atoms with Crippen molar-refractivity contribution in [3.63, 3.8) is 0 Å². The van der Waals surface area contributed by atoms with E-state index >= 15 is 0 Å². The van der Waals surface area contributed by atoms with Crippen LogP contribution in [0.3, 0.4) is 0 Å². The average Bonchev–Trinajstić information content (AvgIpc) is 2.57. The number of para-hydroxylation sites is 1. The highest BCUT2D eigenvalue weighted by Gasteiger charge is 2.13. The second-order valence-corrected chi connectivity index (χ2v) is 6.17. The Bertz CT molecular complexity index is 681. The number of ether oxygens (including phenoxy) is 1. The maximum Gasteiger partial charge on any atom is 0.279 e. The average molecular weight is 327 g/mol. The summed E-state index contributed by atoms with van der Waals surface area (Å²) in [5, 5.41) is 3.08. The lowest BCUT2D eigenvalue weighted by atomic mass is 10.1. The van der Waals surface area contributed by atoms with Crippen LogP contribution in [0, 0.1) is 6.92 Å². The summed E-state index contributed by atoms with van der Waals surface area (Å²) in [6.07, 6.45) is 0.909. The van der Waals surface area contributed by atoms with Crippen LogP contribution in [0.15, 0.2) is 42.5 Å². The minimum Gasteiger partial charge on any atom is -0.497 e. The molecular weight excluding hydrogens is 300 g/mol. The van der Waals surface area contributed by atoms with Crippen molar-refractivity contribution in [1.29, 1.82) is 0 Å². The van der Waals surface area contributed by atoms with Crippen molar-refractivity contribution in [3.8, 4) is 5.75 Å². The molecule has 0 saturated carbocycles. The molecule has 2 N–H and O–H groups in total. The van der Waals surface area contributed by atoms with Gasteiger partial charge in [-0.05, 0) is 48.7 Å². The minimum atomic E-state index is 0.0463. The van der Waals surface area contributed by atoms with E-state index < -0.39 is 0 Å². The van der Waals surface area contributed by atoms with Gasteiger partial charge in [-0.15, -0.1) is 0 Å². The lowest BCUT2D eigenvalue weighted by Crippen LogP contribution is -3.08. The van der Waals surface area contributed by atoms with Crippen molar-refractivity contribution < 1.29 is 14.4 Å². The topological polar surface area (TPSA) is 42.8 Å². The third-order valence-corrected chi connectivity index (χ3v) is 4.13. The van der Waals surface area contributed by atoms with Gasteiger partial charge in [0.1, 0.15) is 12.3 Å². The Balaban J connectivity index is 1.94. The molecule has 1 atom stereocenters. The first-order chi connectivity index (χ1) is 11.5. The van der Waals surface area contributed by atoms with Gasteiger partial charge in [0.05, 0.1) is 14.2 Å². The predicted molar refractivity (Wildman–Crippen MR) is 97.6 cm³/mol. The fourth-order valence-corrected chi connectivity index (χ4v) is 2.81. The van der Waals surface area contributed by atoms with Gasteiger partial charge < -0.3 is 15.0 Å². The summed E-state index contributed by atoms with van der Waals surface area (Å²) in [6, 6.07) is 14.1. The number of rotatable bonds is 7. The normalized spacial score (nSPS) is 11.8. The second-order valence-electron chi connectivity index (χ2n) is 6.17. The van der Waals surface area contributed by atoms with E-state index in [0.29, 0.717) is 6.54 Å². The largest absolute Gasteiger partial charge is 0.497 e. The highest BCUT2D eigenvalue weighted by atomic mass is 16.5. The quantitative estimate of drug-likeness (QED) is 0.819. The molecule has 2 aromatic carbocycles. The van der Waals surface area contributed by atoms with Gasteiger partial charge in [-0.1, -0.05) is 25.1 Å². The molecule has 24 heavy (non-hydrogen) atoms. The molecule has 0 bridgehead atoms. The SMILES string of the molecule is CCc1cccc(C)c1NC(=O)C[NH+](C)Cc1ccc(OC)cc1. The van der Waals surface area contributed by atoms with Crippen LogP contribution in [0.25, 0.3) is 0 Å². The highest BCUT2D eigenvalue weighted by Crippen LogP contribution is 2.20. The van der Waals surface area contributed by atoms with Crippen LogP contribution in [0.5, 0.6) is 5.75 Å². The number of likely N-dealkylation sites (N-methyl/N-ethyl adjacent to an activating group) is 1. The molecule has 2 rings (SSSR count). The number of amides is 1. The zero-order chi connectivity index (χ0) is 17.5. The Morgan fingerprint density at radius 1 is 1.17 bits per heavy atom. The van der Waals surface area contributed by atoms with E-state index in [2.05, 4.69) is 18.3 Å². The summed E-state index contributed by atoms with van der Waals surface area (Å²) in [4.78, 5) is 13.5. The monoisotopic (exact) mass is 327 g/mol. The zero-order valence-corrected chi connectivity index (χ0v) is 15.0. The number of carbonyl (C=O) groups is 1. The van der Waals surface area contributed by atoms with Gasteiger partial charge in [0, 0.05) is 11.3 Å². The van der Waals surface area contributed by atoms with Gasteiger partial charge in [0.2, 0.25) is 0 Å². The van der Waals surface area contributed by atoms with Crippen LogP contribution in [-0.2, 0) is 17.8 Å². The Labute approximate surface area is 144 Å². The number of benzene rings is 2. The Morgan fingerprint density at radius 2 is 1.88 bits per heavy atom. The van der Waals surface area contributed by atoms with Crippen molar-refractivity contribution in [2.75, 3.05) is 26.0 Å². The number of methoxy groups -OCH3 is 1. The molecule has 0 aliphatic rings. The van der Waals surface area contributed by atoms with E-state index in [1.807, 2.05) is 50.4 Å². The van der Waals surface area contributed by atoms with Crippen molar-refractivity contribution in [3.05, 3.63) is 59.2 Å². The lowest BCUT2D eigenvalue weighted by Gasteiger charge is -2.16. The van der Waals surface area contributed by atoms with Crippen molar-refractivity contribution in [2.45, 2.75) is 26.8 Å². The number of aryl methyl sites for hydroxylation is 2. The van der Waals surface area contributed by atoms with Crippen LogP contribution in [0.4, 0.5) is 5.69 Å². The van der Waals surface area contributed by atoms with Gasteiger partial charge >= 0.3 is 0 Å². The minimum absolute atomic E-state index is 0.0463. The Hall–Kier alpha value is -2.33. The number of hydrogen-bond donors (Lipinski definition) is 2. The Kier molecular flexibility index (Phi) is 6.38. The van der Waals surface area contributed by atoms with Crippen LogP contribution in [0.1, 0.15) is 23.6 Å². The van der Waals surface area contributed by atoms with E-state index in [1.54, 1.807) is 7.11 Å². The van der Waals surface area contributed by atoms with Crippen LogP contribution >= 0.6 is 0 Å². The molecule has 0 aliphatic carbocycles. The first-order valence-corrected chi connectivity index (χ1v) is 8.36. The smallest absolute Gasteiger partial charge is 0.279 e. The lowest BCUT2D eigenvalue weighted by molar-refractivity contribution is -0.885. The van der Waals surface area contributed by atoms with Crippen LogP contribution in [0.2, 0.25) is 0 Å². The first kappa shape index (κ1) is 18.0. The molecule has 0 aromatic heterocycles. The number of anilines is 1. The maximum absolute atomic E-state index is 12.4. The summed E-state index contributed by atoms with van der Waals surface area (Å²) >= 11 is 0. The predicted octanol–water partition coefficient (Wildman–Crippen LogP) is 2.22. The van der Waals surface area contributed by atoms with E-state index in [0.717, 1.165) is 34.9 Å². The van der Waals surface area contributed by atoms with E-state index in [9.17, 15) is 4.79 Å². The van der Waals surface area contributed by atoms with E-state index in [1.165, 1.54) is 11.1 Å². The van der Waals surface area contributed by atoms with Crippen molar-refractivity contribution >= 4 is 11.6 Å². The van der Waals surface area contributed by atoms with E-state index in [4.69, 9.17) is 4.74 Å². The third kappa shape index (κ3) is 4.83. The number of nitrogens with one attached hydrogen (secondary N) is 2. The van der Waals surface area contributed by atoms with Gasteiger partial charge in [-0.25, -0.2) is 0 Å². The molecule has 0 radical (unpaired) electrons. The maximum atomic E-state index is 12.4. The number of hydrogen-bond acceptors (Lipinski definition) is 2. The molecule has 1 amide bonds. The number of carbonyl (C=O) groups excluding carboxylic acids is 1. The standard InChI is InChI=1S/C20H26N2O2/c1-5-17-8-6-7-15(2)20(17)21-19(23)14-22(3)13-16-9-11-18(24-4)12-10-16/h6-12H,5,13-14H2,1-4H3,(H,21,23)/p+1. The van der Waals surface area contributed by atoms with Crippen LogP contribution in [-0.4, -0.2) is 26.6 Å². The highest BCUT2D eigenvalue weighted by molar-refractivity contribution is 5.93. The van der Waals surface area contributed by atoms with Gasteiger partial charge in [0.25, 0.3) is 5.91 Å². The molecule has 4 nitrogen and oxygen atoms in total. The molecular formula is C20H27N2O2+. The molecule has 0 heterocycles. The summed E-state index contributed by atoms with van der Waals surface area (Å²) in [6.45, 7) is 5.36. The van der Waals surface area contributed by atoms with E-state index in [-0.39, 0.29) is 5.91 Å². The fourth-order valence-electron chi connectivity index (χ4n) is 2.81. The Morgan fingerprint density at radius 3 is 2.50 bits per heavy atom. The molecule has 1 unspecified atom stereocenters. The molecule has 0 fully saturated rings. The summed E-state index contributed by atoms with van der Waals surface area (Å²) in [7, 11) is 3.69. The molecule has 128 valence electrons. The number of quaternary nitrogens is 1. The summed E-state index contributed by atoms with van der Waals surface area (Å²) < 4.78 is 5.17. The van der Waals surface area contributed by atoms with Crippen molar-refractivity contribution in [2.24, 2.45) is 0 Å². The van der Waals surface area contributed by atoms with Crippen molar-refractivity contribution in [1.82, 2.24) is 0 Å². The second kappa shape index (κ2) is 8.50. The van der Waals surface area contributed by atoms with Gasteiger partial charge in [0.15, 0.2) is 6.54 Å². The molecule has 0 saturated heterocycles. The molecule has 0 aliphatic heterocycles. The van der Waals surface area contributed by atoms with Crippen LogP contribution < -0.4 is 15.0 Å². The molecule has 0 spiro atoms. The third-order valence-electron chi connectivity index (χ3n) is 4.13. The zero-order valence-electron chi connectivity index (χ0n) is 15.0. The molecule has 4 heteroatoms. The molecule has 2 aromatic rings. The summed E-state index contributed by atoms with van der Waals surface area (Å²) in [5.74, 6) is 0.894.